The highest BCUT2D eigenvalue weighted by Gasteiger charge is 2.36. The molecule has 0 radical (unpaired) electrons. The van der Waals surface area contributed by atoms with Crippen LogP contribution in [-0.2, 0) is 17.9 Å². The molecule has 0 saturated carbocycles. The summed E-state index contributed by atoms with van der Waals surface area (Å²) in [5.41, 5.74) is 1.26. The second-order valence-electron chi connectivity index (χ2n) is 6.24. The first-order chi connectivity index (χ1) is 11.3. The van der Waals surface area contributed by atoms with Gasteiger partial charge in [-0.3, -0.25) is 14.6 Å². The van der Waals surface area contributed by atoms with Crippen molar-refractivity contribution in [2.75, 3.05) is 18.0 Å². The van der Waals surface area contributed by atoms with Gasteiger partial charge in [-0.2, -0.15) is 10.1 Å². The molecule has 120 valence electrons. The van der Waals surface area contributed by atoms with Crippen LogP contribution >= 0.6 is 0 Å². The van der Waals surface area contributed by atoms with Crippen LogP contribution in [0.1, 0.15) is 24.8 Å². The minimum atomic E-state index is -0.0431. The Morgan fingerprint density at radius 2 is 2.00 bits per heavy atom. The highest BCUT2D eigenvalue weighted by atomic mass is 16.2. The summed E-state index contributed by atoms with van der Waals surface area (Å²) < 4.78 is 1.83. The quantitative estimate of drug-likeness (QED) is 0.865. The molecule has 0 bridgehead atoms. The maximum atomic E-state index is 13.1. The predicted octanol–water partition coefficient (Wildman–Crippen LogP) is 1.68. The normalized spacial score (nSPS) is 21.4. The molecular formula is C17H21N5O. The van der Waals surface area contributed by atoms with Gasteiger partial charge in [0, 0.05) is 19.6 Å². The second kappa shape index (κ2) is 6.12. The zero-order valence-corrected chi connectivity index (χ0v) is 13.1. The molecule has 1 atom stereocenters. The van der Waals surface area contributed by atoms with E-state index in [9.17, 15) is 4.79 Å². The molecule has 0 spiro atoms. The zero-order valence-electron chi connectivity index (χ0n) is 13.1. The lowest BCUT2D eigenvalue weighted by Crippen LogP contribution is -2.48. The van der Waals surface area contributed by atoms with Crippen LogP contribution in [0.15, 0.2) is 36.7 Å². The van der Waals surface area contributed by atoms with E-state index in [4.69, 9.17) is 0 Å². The average molecular weight is 311 g/mol. The summed E-state index contributed by atoms with van der Waals surface area (Å²) in [5.74, 6) is 0.875. The van der Waals surface area contributed by atoms with Crippen LogP contribution < -0.4 is 4.90 Å². The van der Waals surface area contributed by atoms with Gasteiger partial charge >= 0.3 is 0 Å². The van der Waals surface area contributed by atoms with Crippen LogP contribution in [0.25, 0.3) is 0 Å². The molecule has 2 aliphatic rings. The molecule has 1 saturated heterocycles. The number of nitrogens with zero attached hydrogens (tertiary/aromatic N) is 5. The molecule has 1 amide bonds. The number of aryl methyl sites for hydroxylation is 1. The third-order valence-electron chi connectivity index (χ3n) is 4.73. The Labute approximate surface area is 135 Å². The molecule has 1 aromatic carbocycles. The number of anilines is 1. The van der Waals surface area contributed by atoms with Gasteiger partial charge in [-0.1, -0.05) is 30.3 Å². The van der Waals surface area contributed by atoms with Crippen molar-refractivity contribution in [1.29, 1.82) is 0 Å². The summed E-state index contributed by atoms with van der Waals surface area (Å²) in [7, 11) is 0. The number of carbonyl (C=O) groups is 1. The van der Waals surface area contributed by atoms with Crippen molar-refractivity contribution in [3.63, 3.8) is 0 Å². The average Bonchev–Trinajstić information content (AvgIpc) is 3.23. The number of carbonyl (C=O) groups excluding carboxylic acids is 1. The number of hydrogen-bond acceptors (Lipinski definition) is 4. The van der Waals surface area contributed by atoms with Gasteiger partial charge in [0.2, 0.25) is 11.9 Å². The van der Waals surface area contributed by atoms with Crippen LogP contribution in [-0.4, -0.2) is 44.7 Å². The first kappa shape index (κ1) is 14.4. The molecule has 6 heteroatoms. The first-order valence-corrected chi connectivity index (χ1v) is 8.30. The summed E-state index contributed by atoms with van der Waals surface area (Å²) >= 11 is 0. The molecule has 2 aromatic rings. The second-order valence-corrected chi connectivity index (χ2v) is 6.24. The van der Waals surface area contributed by atoms with Crippen LogP contribution in [0, 0.1) is 0 Å². The van der Waals surface area contributed by atoms with Crippen LogP contribution in [0.3, 0.4) is 0 Å². The van der Waals surface area contributed by atoms with Crippen LogP contribution in [0.4, 0.5) is 5.95 Å². The number of benzene rings is 1. The van der Waals surface area contributed by atoms with E-state index in [-0.39, 0.29) is 11.9 Å². The fraction of sp³-hybridized carbons (Fsp3) is 0.471. The van der Waals surface area contributed by atoms with Crippen LogP contribution in [0.5, 0.6) is 0 Å². The van der Waals surface area contributed by atoms with Gasteiger partial charge in [0.25, 0.3) is 0 Å². The fourth-order valence-corrected chi connectivity index (χ4v) is 3.61. The van der Waals surface area contributed by atoms with Crippen molar-refractivity contribution in [3.05, 3.63) is 42.2 Å². The van der Waals surface area contributed by atoms with E-state index in [0.717, 1.165) is 45.4 Å². The maximum absolute atomic E-state index is 13.1. The van der Waals surface area contributed by atoms with Crippen molar-refractivity contribution in [2.24, 2.45) is 0 Å². The Bertz CT molecular complexity index is 683. The van der Waals surface area contributed by atoms with Gasteiger partial charge in [0.15, 0.2) is 0 Å². The van der Waals surface area contributed by atoms with Crippen molar-refractivity contribution in [1.82, 2.24) is 19.7 Å². The van der Waals surface area contributed by atoms with E-state index in [0.29, 0.717) is 5.95 Å². The highest BCUT2D eigenvalue weighted by Crippen LogP contribution is 2.25. The summed E-state index contributed by atoms with van der Waals surface area (Å²) in [5, 5.41) is 4.20. The van der Waals surface area contributed by atoms with Gasteiger partial charge in [-0.05, 0) is 31.4 Å². The maximum Gasteiger partial charge on any atom is 0.246 e. The summed E-state index contributed by atoms with van der Waals surface area (Å²) in [6.07, 6.45) is 4.48. The minimum Gasteiger partial charge on any atom is -0.288 e. The molecule has 3 heterocycles. The van der Waals surface area contributed by atoms with E-state index >= 15 is 0 Å². The molecule has 1 fully saturated rings. The zero-order chi connectivity index (χ0) is 15.6. The number of hydrogen-bond donors (Lipinski definition) is 0. The monoisotopic (exact) mass is 311 g/mol. The number of amides is 1. The fourth-order valence-electron chi connectivity index (χ4n) is 3.61. The lowest BCUT2D eigenvalue weighted by Gasteiger charge is -2.31. The van der Waals surface area contributed by atoms with Gasteiger partial charge in [-0.15, -0.1) is 0 Å². The van der Waals surface area contributed by atoms with Crippen molar-refractivity contribution in [3.8, 4) is 0 Å². The number of aromatic nitrogens is 3. The molecule has 4 rings (SSSR count). The van der Waals surface area contributed by atoms with E-state index in [1.807, 2.05) is 15.6 Å². The molecule has 0 aliphatic carbocycles. The van der Waals surface area contributed by atoms with E-state index in [1.165, 1.54) is 11.9 Å². The summed E-state index contributed by atoms with van der Waals surface area (Å²) in [6, 6.07) is 10.3. The Morgan fingerprint density at radius 3 is 2.87 bits per heavy atom. The van der Waals surface area contributed by atoms with E-state index < -0.39 is 0 Å². The minimum absolute atomic E-state index is 0.0431. The molecule has 1 aromatic heterocycles. The van der Waals surface area contributed by atoms with Gasteiger partial charge in [-0.25, -0.2) is 4.68 Å². The topological polar surface area (TPSA) is 54.3 Å². The SMILES string of the molecule is O=C(C1CCCN1Cc1ccccc1)N1CCCn2ncnc21. The highest BCUT2D eigenvalue weighted by molar-refractivity contribution is 5.96. The largest absolute Gasteiger partial charge is 0.288 e. The van der Waals surface area contributed by atoms with Crippen molar-refractivity contribution >= 4 is 11.9 Å². The van der Waals surface area contributed by atoms with E-state index in [2.05, 4.69) is 39.2 Å². The van der Waals surface area contributed by atoms with Gasteiger partial charge in [0.05, 0.1) is 6.04 Å². The lowest BCUT2D eigenvalue weighted by atomic mass is 10.1. The van der Waals surface area contributed by atoms with E-state index in [1.54, 1.807) is 0 Å². The lowest BCUT2D eigenvalue weighted by molar-refractivity contribution is -0.123. The Kier molecular flexibility index (Phi) is 3.83. The number of rotatable bonds is 3. The standard InChI is InChI=1S/C17H21N5O/c23-16(21-10-5-11-22-17(21)18-13-19-22)15-8-4-9-20(15)12-14-6-2-1-3-7-14/h1-3,6-7,13,15H,4-5,8-12H2. The molecule has 23 heavy (non-hydrogen) atoms. The van der Waals surface area contributed by atoms with Crippen molar-refractivity contribution in [2.45, 2.75) is 38.4 Å². The summed E-state index contributed by atoms with van der Waals surface area (Å²) in [6.45, 7) is 3.40. The Balaban J connectivity index is 1.52. The van der Waals surface area contributed by atoms with Crippen LogP contribution in [0.2, 0.25) is 0 Å². The Morgan fingerprint density at radius 1 is 1.13 bits per heavy atom. The molecule has 6 nitrogen and oxygen atoms in total. The van der Waals surface area contributed by atoms with Gasteiger partial charge in [0.1, 0.15) is 6.33 Å². The van der Waals surface area contributed by atoms with Crippen molar-refractivity contribution < 1.29 is 4.79 Å². The molecule has 0 N–H and O–H groups in total. The smallest absolute Gasteiger partial charge is 0.246 e. The Hall–Kier alpha value is -2.21. The molecular weight excluding hydrogens is 290 g/mol. The number of fused-ring (bicyclic) bond motifs is 1. The predicted molar refractivity (Wildman–Crippen MR) is 86.9 cm³/mol. The van der Waals surface area contributed by atoms with Gasteiger partial charge < -0.3 is 0 Å². The molecule has 2 aliphatic heterocycles. The molecule has 1 unspecified atom stereocenters. The first-order valence-electron chi connectivity index (χ1n) is 8.30. The summed E-state index contributed by atoms with van der Waals surface area (Å²) in [4.78, 5) is 21.5. The number of likely N-dealkylation sites (tertiary alicyclic amines) is 1. The third-order valence-corrected chi connectivity index (χ3v) is 4.73. The third kappa shape index (κ3) is 2.74.